The molecule has 1 aliphatic rings. The van der Waals surface area contributed by atoms with E-state index >= 15 is 0 Å². The fourth-order valence-electron chi connectivity index (χ4n) is 3.46. The van der Waals surface area contributed by atoms with Gasteiger partial charge in [-0.2, -0.15) is 5.10 Å². The molecule has 0 bridgehead atoms. The quantitative estimate of drug-likeness (QED) is 0.415. The van der Waals surface area contributed by atoms with Crippen LogP contribution in [0.3, 0.4) is 0 Å². The molecule has 152 valence electrons. The van der Waals surface area contributed by atoms with Crippen molar-refractivity contribution in [3.8, 4) is 0 Å². The number of nitrogens with one attached hydrogen (secondary N) is 1. The minimum absolute atomic E-state index is 0.108. The van der Waals surface area contributed by atoms with E-state index in [2.05, 4.69) is 38.2 Å². The molecule has 0 aliphatic carbocycles. The lowest BCUT2D eigenvalue weighted by Gasteiger charge is -2.17. The van der Waals surface area contributed by atoms with Crippen LogP contribution in [0.25, 0.3) is 11.0 Å². The molecule has 7 nitrogen and oxygen atoms in total. The first-order valence-electron chi connectivity index (χ1n) is 9.81. The maximum Gasteiger partial charge on any atom is 0.252 e. The van der Waals surface area contributed by atoms with Crippen molar-refractivity contribution in [2.75, 3.05) is 30.3 Å². The van der Waals surface area contributed by atoms with Crippen molar-refractivity contribution in [3.63, 3.8) is 0 Å². The van der Waals surface area contributed by atoms with Gasteiger partial charge < -0.3 is 10.2 Å². The first-order chi connectivity index (χ1) is 14.2. The molecule has 4 rings (SSSR count). The van der Waals surface area contributed by atoms with Crippen molar-refractivity contribution < 1.29 is 4.79 Å². The van der Waals surface area contributed by atoms with E-state index in [0.717, 1.165) is 45.3 Å². The number of carbonyl (C=O) groups excluding carboxylic acids is 1. The number of carbonyl (C=O) groups is 1. The topological polar surface area (TPSA) is 75.9 Å². The fourth-order valence-corrected chi connectivity index (χ4v) is 4.49. The van der Waals surface area contributed by atoms with Crippen molar-refractivity contribution in [2.45, 2.75) is 31.5 Å². The highest BCUT2D eigenvalue weighted by molar-refractivity contribution is 9.10. The summed E-state index contributed by atoms with van der Waals surface area (Å²) >= 11 is 5.06. The molecule has 0 spiro atoms. The summed E-state index contributed by atoms with van der Waals surface area (Å²) in [6.45, 7) is 5.16. The molecule has 1 saturated heterocycles. The van der Waals surface area contributed by atoms with Crippen molar-refractivity contribution in [2.24, 2.45) is 0 Å². The summed E-state index contributed by atoms with van der Waals surface area (Å²) in [6, 6.07) is 7.40. The monoisotopic (exact) mass is 474 g/mol. The molecule has 3 heterocycles. The molecule has 2 aromatic heterocycles. The Morgan fingerprint density at radius 2 is 2.03 bits per heavy atom. The zero-order valence-electron chi connectivity index (χ0n) is 16.3. The van der Waals surface area contributed by atoms with Gasteiger partial charge in [-0.25, -0.2) is 14.6 Å². The highest BCUT2D eigenvalue weighted by Crippen LogP contribution is 2.29. The largest absolute Gasteiger partial charge is 0.356 e. The molecule has 0 unspecified atom stereocenters. The number of fused-ring (bicyclic) bond motifs is 1. The summed E-state index contributed by atoms with van der Waals surface area (Å²) in [5.74, 6) is 1.79. The van der Waals surface area contributed by atoms with Gasteiger partial charge in [-0.3, -0.25) is 4.79 Å². The summed E-state index contributed by atoms with van der Waals surface area (Å²) in [5.41, 5.74) is 1.45. The molecule has 29 heavy (non-hydrogen) atoms. The molecule has 0 saturated carbocycles. The number of amides is 1. The summed E-state index contributed by atoms with van der Waals surface area (Å²) in [4.78, 5) is 24.3. The molecule has 1 aromatic carbocycles. The van der Waals surface area contributed by atoms with Crippen molar-refractivity contribution in [3.05, 3.63) is 40.5 Å². The molecular weight excluding hydrogens is 452 g/mol. The highest BCUT2D eigenvalue weighted by atomic mass is 79.9. The van der Waals surface area contributed by atoms with E-state index in [-0.39, 0.29) is 5.91 Å². The SMILES string of the molecule is CCSc1nc(N2CCCC2)c2cnn(CCNC(=O)c3ccccc3Br)c2n1. The van der Waals surface area contributed by atoms with Crippen LogP contribution in [0.15, 0.2) is 40.1 Å². The molecule has 1 N–H and O–H groups in total. The second kappa shape index (κ2) is 9.13. The Kier molecular flexibility index (Phi) is 6.34. The molecule has 9 heteroatoms. The third-order valence-electron chi connectivity index (χ3n) is 4.86. The van der Waals surface area contributed by atoms with Gasteiger partial charge in [0.25, 0.3) is 5.91 Å². The van der Waals surface area contributed by atoms with Gasteiger partial charge in [-0.1, -0.05) is 30.8 Å². The summed E-state index contributed by atoms with van der Waals surface area (Å²) in [6.07, 6.45) is 4.23. The van der Waals surface area contributed by atoms with Crippen LogP contribution in [0.4, 0.5) is 5.82 Å². The Labute approximate surface area is 182 Å². The lowest BCUT2D eigenvalue weighted by molar-refractivity contribution is 0.0951. The minimum atomic E-state index is -0.108. The lowest BCUT2D eigenvalue weighted by atomic mass is 10.2. The Hall–Kier alpha value is -2.13. The average molecular weight is 475 g/mol. The Morgan fingerprint density at radius 3 is 2.79 bits per heavy atom. The molecule has 1 fully saturated rings. The van der Waals surface area contributed by atoms with Gasteiger partial charge in [0.2, 0.25) is 0 Å². The van der Waals surface area contributed by atoms with Crippen molar-refractivity contribution >= 4 is 50.5 Å². The van der Waals surface area contributed by atoms with Gasteiger partial charge in [0.05, 0.1) is 23.7 Å². The van der Waals surface area contributed by atoms with Crippen LogP contribution in [0.1, 0.15) is 30.1 Å². The Morgan fingerprint density at radius 1 is 1.24 bits per heavy atom. The maximum absolute atomic E-state index is 12.4. The van der Waals surface area contributed by atoms with E-state index in [1.807, 2.05) is 29.1 Å². The number of hydrogen-bond acceptors (Lipinski definition) is 6. The molecule has 0 radical (unpaired) electrons. The van der Waals surface area contributed by atoms with Crippen LogP contribution in [-0.4, -0.2) is 51.0 Å². The number of nitrogens with zero attached hydrogens (tertiary/aromatic N) is 5. The molecule has 1 aliphatic heterocycles. The normalized spacial score (nSPS) is 13.9. The lowest BCUT2D eigenvalue weighted by Crippen LogP contribution is -2.27. The molecule has 3 aromatic rings. The summed E-state index contributed by atoms with van der Waals surface area (Å²) in [7, 11) is 0. The second-order valence-electron chi connectivity index (χ2n) is 6.80. The van der Waals surface area contributed by atoms with Crippen LogP contribution < -0.4 is 10.2 Å². The van der Waals surface area contributed by atoms with Gasteiger partial charge in [0.15, 0.2) is 10.8 Å². The number of aromatic nitrogens is 4. The number of anilines is 1. The van der Waals surface area contributed by atoms with Gasteiger partial charge in [-0.05, 0) is 46.7 Å². The summed E-state index contributed by atoms with van der Waals surface area (Å²) < 4.78 is 2.64. The van der Waals surface area contributed by atoms with Gasteiger partial charge in [-0.15, -0.1) is 0 Å². The van der Waals surface area contributed by atoms with E-state index in [1.165, 1.54) is 12.8 Å². The van der Waals surface area contributed by atoms with Crippen LogP contribution in [0.5, 0.6) is 0 Å². The van der Waals surface area contributed by atoms with Crippen LogP contribution in [0, 0.1) is 0 Å². The first-order valence-corrected chi connectivity index (χ1v) is 11.6. The number of halogens is 1. The van der Waals surface area contributed by atoms with Gasteiger partial charge in [0, 0.05) is 24.1 Å². The fraction of sp³-hybridized carbons (Fsp3) is 0.400. The number of rotatable bonds is 7. The molecular formula is C20H23BrN6OS. The minimum Gasteiger partial charge on any atom is -0.356 e. The van der Waals surface area contributed by atoms with Crippen LogP contribution in [0.2, 0.25) is 0 Å². The van der Waals surface area contributed by atoms with E-state index < -0.39 is 0 Å². The van der Waals surface area contributed by atoms with E-state index in [9.17, 15) is 4.79 Å². The molecule has 1 amide bonds. The van der Waals surface area contributed by atoms with Gasteiger partial charge >= 0.3 is 0 Å². The zero-order valence-corrected chi connectivity index (χ0v) is 18.7. The number of thioether (sulfide) groups is 1. The number of benzene rings is 1. The van der Waals surface area contributed by atoms with E-state index in [0.29, 0.717) is 18.7 Å². The van der Waals surface area contributed by atoms with E-state index in [1.54, 1.807) is 17.8 Å². The predicted octanol–water partition coefficient (Wildman–Crippen LogP) is 3.73. The zero-order chi connectivity index (χ0) is 20.2. The smallest absolute Gasteiger partial charge is 0.252 e. The third-order valence-corrected chi connectivity index (χ3v) is 6.28. The van der Waals surface area contributed by atoms with Crippen LogP contribution >= 0.6 is 27.7 Å². The average Bonchev–Trinajstić information content (AvgIpc) is 3.38. The van der Waals surface area contributed by atoms with E-state index in [4.69, 9.17) is 9.97 Å². The second-order valence-corrected chi connectivity index (χ2v) is 8.88. The highest BCUT2D eigenvalue weighted by Gasteiger charge is 2.20. The van der Waals surface area contributed by atoms with Crippen molar-refractivity contribution in [1.29, 1.82) is 0 Å². The van der Waals surface area contributed by atoms with Gasteiger partial charge in [0.1, 0.15) is 5.82 Å². The summed E-state index contributed by atoms with van der Waals surface area (Å²) in [5, 5.41) is 9.25. The Bertz CT molecular complexity index is 1020. The number of hydrogen-bond donors (Lipinski definition) is 1. The Balaban J connectivity index is 1.53. The molecule has 0 atom stereocenters. The van der Waals surface area contributed by atoms with Crippen LogP contribution in [-0.2, 0) is 6.54 Å². The standard InChI is InChI=1S/C20H23BrN6OS/c1-2-29-20-24-17(26-10-5-6-11-26)15-13-23-27(18(15)25-20)12-9-22-19(28)14-7-3-4-8-16(14)21/h3-4,7-8,13H,2,5-6,9-12H2,1H3,(H,22,28). The first kappa shape index (κ1) is 20.2. The van der Waals surface area contributed by atoms with Crippen molar-refractivity contribution in [1.82, 2.24) is 25.1 Å². The predicted molar refractivity (Wildman–Crippen MR) is 120 cm³/mol. The maximum atomic E-state index is 12.4. The third kappa shape index (κ3) is 4.40.